The molecule has 1 aliphatic heterocycles. The molecular weight excluding hydrogens is 104 g/mol. The molecule has 1 rings (SSSR count). The van der Waals surface area contributed by atoms with Crippen LogP contribution in [0.4, 0.5) is 0 Å². The lowest BCUT2D eigenvalue weighted by molar-refractivity contribution is -0.0452. The van der Waals surface area contributed by atoms with E-state index >= 15 is 0 Å². The van der Waals surface area contributed by atoms with Crippen molar-refractivity contribution in [2.45, 2.75) is 6.42 Å². The predicted octanol–water partition coefficient (Wildman–Crippen LogP) is 0.937. The molecule has 0 spiro atoms. The van der Waals surface area contributed by atoms with Gasteiger partial charge in [0.05, 0.1) is 13.2 Å². The van der Waals surface area contributed by atoms with E-state index in [-0.39, 0.29) is 0 Å². The Morgan fingerprint density at radius 3 is 3.12 bits per heavy atom. The van der Waals surface area contributed by atoms with E-state index in [1.807, 2.05) is 6.08 Å². The molecule has 0 amide bonds. The fraction of sp³-hybridized carbons (Fsp3) is 0.667. The van der Waals surface area contributed by atoms with Gasteiger partial charge in [-0.05, 0) is 6.42 Å². The molecule has 0 aromatic rings. The van der Waals surface area contributed by atoms with Gasteiger partial charge in [0.2, 0.25) is 0 Å². The maximum atomic E-state index is 5.00. The average Bonchev–Trinajstić information content (AvgIpc) is 1.62. The fourth-order valence-electron chi connectivity index (χ4n) is 0.571. The summed E-state index contributed by atoms with van der Waals surface area (Å²) in [7, 11) is 0. The molecule has 0 radical (unpaired) electrons. The van der Waals surface area contributed by atoms with Crippen molar-refractivity contribution in [3.05, 3.63) is 12.2 Å². The minimum atomic E-state index is 0.449. The van der Waals surface area contributed by atoms with Gasteiger partial charge in [0, 0.05) is 0 Å². The number of hydrogen-bond donors (Lipinski definition) is 0. The van der Waals surface area contributed by atoms with Crippen LogP contribution in [-0.4, -0.2) is 20.0 Å². The Morgan fingerprint density at radius 2 is 2.12 bits per heavy atom. The molecular formula is C6H10O2. The van der Waals surface area contributed by atoms with E-state index in [0.29, 0.717) is 13.4 Å². The quantitative estimate of drug-likeness (QED) is 0.436. The molecule has 0 atom stereocenters. The van der Waals surface area contributed by atoms with Crippen LogP contribution in [-0.2, 0) is 9.47 Å². The second-order valence-corrected chi connectivity index (χ2v) is 1.66. The highest BCUT2D eigenvalue weighted by molar-refractivity contribution is 4.81. The highest BCUT2D eigenvalue weighted by atomic mass is 16.7. The summed E-state index contributed by atoms with van der Waals surface area (Å²) >= 11 is 0. The van der Waals surface area contributed by atoms with E-state index < -0.39 is 0 Å². The van der Waals surface area contributed by atoms with Gasteiger partial charge in [-0.1, -0.05) is 12.2 Å². The van der Waals surface area contributed by atoms with Crippen LogP contribution in [0, 0.1) is 0 Å². The first-order chi connectivity index (χ1) is 4.00. The van der Waals surface area contributed by atoms with Crippen LogP contribution in [0.2, 0.25) is 0 Å². The summed E-state index contributed by atoms with van der Waals surface area (Å²) in [5.41, 5.74) is 0. The summed E-state index contributed by atoms with van der Waals surface area (Å²) in [4.78, 5) is 0. The Labute approximate surface area is 49.1 Å². The zero-order chi connectivity index (χ0) is 5.66. The fourth-order valence-corrected chi connectivity index (χ4v) is 0.571. The van der Waals surface area contributed by atoms with Crippen LogP contribution in [0.15, 0.2) is 12.2 Å². The third-order valence-corrected chi connectivity index (χ3v) is 0.976. The van der Waals surface area contributed by atoms with Crippen molar-refractivity contribution in [3.63, 3.8) is 0 Å². The van der Waals surface area contributed by atoms with E-state index in [4.69, 9.17) is 9.47 Å². The zero-order valence-electron chi connectivity index (χ0n) is 4.80. The van der Waals surface area contributed by atoms with Crippen molar-refractivity contribution >= 4 is 0 Å². The molecule has 0 aromatic carbocycles. The largest absolute Gasteiger partial charge is 0.355 e. The Bertz CT molecular complexity index is 68.6. The van der Waals surface area contributed by atoms with Crippen molar-refractivity contribution in [1.82, 2.24) is 0 Å². The van der Waals surface area contributed by atoms with Crippen LogP contribution >= 0.6 is 0 Å². The van der Waals surface area contributed by atoms with Gasteiger partial charge in [-0.2, -0.15) is 0 Å². The SMILES string of the molecule is C1=C\COCOCC/1. The van der Waals surface area contributed by atoms with Gasteiger partial charge in [0.1, 0.15) is 6.79 Å². The highest BCUT2D eigenvalue weighted by Gasteiger charge is 1.88. The predicted molar refractivity (Wildman–Crippen MR) is 30.5 cm³/mol. The topological polar surface area (TPSA) is 18.5 Å². The summed E-state index contributed by atoms with van der Waals surface area (Å²) in [5, 5.41) is 0. The Balaban J connectivity index is 2.17. The summed E-state index contributed by atoms with van der Waals surface area (Å²) in [6.45, 7) is 1.93. The normalized spacial score (nSPS) is 26.0. The molecule has 0 unspecified atom stereocenters. The van der Waals surface area contributed by atoms with Gasteiger partial charge >= 0.3 is 0 Å². The Hall–Kier alpha value is -0.340. The molecule has 0 fully saturated rings. The van der Waals surface area contributed by atoms with Crippen molar-refractivity contribution in [1.29, 1.82) is 0 Å². The van der Waals surface area contributed by atoms with E-state index in [2.05, 4.69) is 6.08 Å². The molecule has 0 bridgehead atoms. The lowest BCUT2D eigenvalue weighted by Gasteiger charge is -2.04. The Kier molecular flexibility index (Phi) is 2.63. The summed E-state index contributed by atoms with van der Waals surface area (Å²) in [6, 6.07) is 0. The Morgan fingerprint density at radius 1 is 1.12 bits per heavy atom. The zero-order valence-corrected chi connectivity index (χ0v) is 4.80. The highest BCUT2D eigenvalue weighted by Crippen LogP contribution is 1.90. The first-order valence-corrected chi connectivity index (χ1v) is 2.80. The van der Waals surface area contributed by atoms with Crippen molar-refractivity contribution in [2.75, 3.05) is 20.0 Å². The van der Waals surface area contributed by atoms with Gasteiger partial charge in [0.15, 0.2) is 0 Å². The molecule has 2 heteroatoms. The van der Waals surface area contributed by atoms with Crippen molar-refractivity contribution in [2.24, 2.45) is 0 Å². The first-order valence-electron chi connectivity index (χ1n) is 2.80. The second-order valence-electron chi connectivity index (χ2n) is 1.66. The van der Waals surface area contributed by atoms with E-state index in [1.165, 1.54) is 0 Å². The smallest absolute Gasteiger partial charge is 0.147 e. The van der Waals surface area contributed by atoms with Crippen LogP contribution in [0.5, 0.6) is 0 Å². The van der Waals surface area contributed by atoms with Crippen molar-refractivity contribution < 1.29 is 9.47 Å². The summed E-state index contributed by atoms with van der Waals surface area (Å²) in [5.74, 6) is 0. The van der Waals surface area contributed by atoms with Gasteiger partial charge in [-0.25, -0.2) is 0 Å². The maximum absolute atomic E-state index is 5.00. The van der Waals surface area contributed by atoms with E-state index in [1.54, 1.807) is 0 Å². The molecule has 0 saturated heterocycles. The minimum Gasteiger partial charge on any atom is -0.355 e. The van der Waals surface area contributed by atoms with Crippen LogP contribution in [0.1, 0.15) is 6.42 Å². The lowest BCUT2D eigenvalue weighted by atomic mass is 10.4. The monoisotopic (exact) mass is 114 g/mol. The first kappa shape index (κ1) is 5.79. The molecule has 8 heavy (non-hydrogen) atoms. The molecule has 1 heterocycles. The average molecular weight is 114 g/mol. The molecule has 0 aliphatic carbocycles. The number of ether oxygens (including phenoxy) is 2. The van der Waals surface area contributed by atoms with Gasteiger partial charge in [-0.3, -0.25) is 0 Å². The third-order valence-electron chi connectivity index (χ3n) is 0.976. The number of hydrogen-bond acceptors (Lipinski definition) is 2. The molecule has 0 aromatic heterocycles. The van der Waals surface area contributed by atoms with E-state index in [9.17, 15) is 0 Å². The third kappa shape index (κ3) is 2.09. The second kappa shape index (κ2) is 3.64. The van der Waals surface area contributed by atoms with Gasteiger partial charge < -0.3 is 9.47 Å². The summed E-state index contributed by atoms with van der Waals surface area (Å²) in [6.07, 6.45) is 5.10. The van der Waals surface area contributed by atoms with Gasteiger partial charge in [0.25, 0.3) is 0 Å². The summed E-state index contributed by atoms with van der Waals surface area (Å²) < 4.78 is 9.97. The molecule has 2 nitrogen and oxygen atoms in total. The van der Waals surface area contributed by atoms with E-state index in [0.717, 1.165) is 13.0 Å². The van der Waals surface area contributed by atoms with Gasteiger partial charge in [-0.15, -0.1) is 0 Å². The minimum absolute atomic E-state index is 0.449. The molecule has 0 N–H and O–H groups in total. The van der Waals surface area contributed by atoms with Crippen LogP contribution < -0.4 is 0 Å². The lowest BCUT2D eigenvalue weighted by Crippen LogP contribution is -2.03. The van der Waals surface area contributed by atoms with Crippen molar-refractivity contribution in [3.8, 4) is 0 Å². The molecule has 0 saturated carbocycles. The molecule has 46 valence electrons. The van der Waals surface area contributed by atoms with Crippen LogP contribution in [0.25, 0.3) is 0 Å². The maximum Gasteiger partial charge on any atom is 0.147 e. The molecule has 1 aliphatic rings. The number of rotatable bonds is 0. The van der Waals surface area contributed by atoms with Crippen LogP contribution in [0.3, 0.4) is 0 Å². The standard InChI is InChI=1S/C6H10O2/c1-2-4-7-6-8-5-3-1/h1-2H,3-6H2/b2-1-.